The van der Waals surface area contributed by atoms with Gasteiger partial charge >= 0.3 is 0 Å². The third-order valence-corrected chi connectivity index (χ3v) is 7.56. The number of hydrogen-bond acceptors (Lipinski definition) is 3. The predicted octanol–water partition coefficient (Wildman–Crippen LogP) is 4.48. The van der Waals surface area contributed by atoms with E-state index in [4.69, 9.17) is 23.2 Å². The lowest BCUT2D eigenvalue weighted by Gasteiger charge is -2.30. The fourth-order valence-electron chi connectivity index (χ4n) is 3.21. The molecule has 0 saturated carbocycles. The average Bonchev–Trinajstić information content (AvgIpc) is 2.66. The number of amides is 1. The van der Waals surface area contributed by atoms with Gasteiger partial charge in [0, 0.05) is 34.7 Å². The fraction of sp³-hybridized carbons (Fsp3) is 0.350. The summed E-state index contributed by atoms with van der Waals surface area (Å²) in [6.07, 6.45) is 0.959. The van der Waals surface area contributed by atoms with Crippen molar-refractivity contribution in [1.29, 1.82) is 0 Å². The summed E-state index contributed by atoms with van der Waals surface area (Å²) in [5, 5.41) is 3.91. The van der Waals surface area contributed by atoms with Crippen molar-refractivity contribution >= 4 is 44.8 Å². The first kappa shape index (κ1) is 21.1. The van der Waals surface area contributed by atoms with Gasteiger partial charge in [-0.25, -0.2) is 12.7 Å². The zero-order valence-electron chi connectivity index (χ0n) is 15.5. The number of halogens is 2. The molecule has 2 aromatic carbocycles. The summed E-state index contributed by atoms with van der Waals surface area (Å²) < 4.78 is 26.8. The van der Waals surface area contributed by atoms with Crippen molar-refractivity contribution < 1.29 is 13.2 Å². The third kappa shape index (κ3) is 5.06. The molecule has 0 radical (unpaired) electrons. The fourth-order valence-corrected chi connectivity index (χ4v) is 5.27. The van der Waals surface area contributed by atoms with Crippen LogP contribution in [0.2, 0.25) is 10.0 Å². The highest BCUT2D eigenvalue weighted by Gasteiger charge is 2.31. The highest BCUT2D eigenvalue weighted by Crippen LogP contribution is 2.26. The molecule has 1 amide bonds. The van der Waals surface area contributed by atoms with Crippen molar-refractivity contribution in [3.63, 3.8) is 0 Å². The molecule has 1 aliphatic heterocycles. The number of nitrogens with zero attached hydrogens (tertiary/aromatic N) is 1. The Kier molecular flexibility index (Phi) is 6.65. The minimum absolute atomic E-state index is 0.108. The van der Waals surface area contributed by atoms with Crippen LogP contribution >= 0.6 is 23.2 Å². The molecule has 0 atom stereocenters. The minimum atomic E-state index is -3.48. The van der Waals surface area contributed by atoms with Crippen LogP contribution in [0.5, 0.6) is 0 Å². The van der Waals surface area contributed by atoms with Crippen molar-refractivity contribution in [2.75, 3.05) is 18.4 Å². The van der Waals surface area contributed by atoms with Crippen molar-refractivity contribution in [2.45, 2.75) is 25.5 Å². The number of piperidine rings is 1. The van der Waals surface area contributed by atoms with E-state index in [0.717, 1.165) is 5.56 Å². The number of rotatable bonds is 5. The summed E-state index contributed by atoms with van der Waals surface area (Å²) in [4.78, 5) is 12.5. The topological polar surface area (TPSA) is 66.5 Å². The Bertz CT molecular complexity index is 971. The maximum atomic E-state index is 12.7. The van der Waals surface area contributed by atoms with Gasteiger partial charge in [-0.05, 0) is 49.1 Å². The summed E-state index contributed by atoms with van der Waals surface area (Å²) in [7, 11) is -3.48. The van der Waals surface area contributed by atoms with Crippen LogP contribution in [-0.4, -0.2) is 31.7 Å². The molecule has 150 valence electrons. The van der Waals surface area contributed by atoms with Gasteiger partial charge in [-0.15, -0.1) is 0 Å². The number of hydrogen-bond donors (Lipinski definition) is 1. The molecule has 1 saturated heterocycles. The van der Waals surface area contributed by atoms with E-state index in [-0.39, 0.29) is 17.6 Å². The first-order valence-electron chi connectivity index (χ1n) is 9.04. The number of aryl methyl sites for hydroxylation is 1. The van der Waals surface area contributed by atoms with Crippen LogP contribution in [0.3, 0.4) is 0 Å². The van der Waals surface area contributed by atoms with Crippen LogP contribution in [0.4, 0.5) is 5.69 Å². The van der Waals surface area contributed by atoms with Crippen LogP contribution in [0.25, 0.3) is 0 Å². The summed E-state index contributed by atoms with van der Waals surface area (Å²) >= 11 is 12.2. The largest absolute Gasteiger partial charge is 0.326 e. The van der Waals surface area contributed by atoms with Crippen molar-refractivity contribution in [3.05, 3.63) is 63.6 Å². The normalized spacial score (nSPS) is 16.1. The smallest absolute Gasteiger partial charge is 0.227 e. The predicted molar refractivity (Wildman–Crippen MR) is 113 cm³/mol. The van der Waals surface area contributed by atoms with Crippen molar-refractivity contribution in [3.8, 4) is 0 Å². The van der Waals surface area contributed by atoms with Gasteiger partial charge in [0.15, 0.2) is 0 Å². The molecule has 5 nitrogen and oxygen atoms in total. The number of carbonyl (C=O) groups is 1. The van der Waals surface area contributed by atoms with E-state index < -0.39 is 10.0 Å². The van der Waals surface area contributed by atoms with Crippen LogP contribution < -0.4 is 5.32 Å². The van der Waals surface area contributed by atoms with E-state index in [1.165, 1.54) is 4.31 Å². The van der Waals surface area contributed by atoms with Gasteiger partial charge in [0.25, 0.3) is 0 Å². The third-order valence-electron chi connectivity index (χ3n) is 4.95. The van der Waals surface area contributed by atoms with E-state index >= 15 is 0 Å². The molecule has 0 aromatic heterocycles. The molecule has 0 spiro atoms. The highest BCUT2D eigenvalue weighted by molar-refractivity contribution is 7.88. The molecule has 1 heterocycles. The minimum Gasteiger partial charge on any atom is -0.326 e. The van der Waals surface area contributed by atoms with E-state index in [0.29, 0.717) is 47.2 Å². The van der Waals surface area contributed by atoms with Gasteiger partial charge in [-0.2, -0.15) is 0 Å². The second-order valence-electron chi connectivity index (χ2n) is 6.97. The second-order valence-corrected chi connectivity index (χ2v) is 9.76. The monoisotopic (exact) mass is 440 g/mol. The van der Waals surface area contributed by atoms with Crippen LogP contribution in [0, 0.1) is 12.8 Å². The Morgan fingerprint density at radius 1 is 1.11 bits per heavy atom. The first-order valence-corrected chi connectivity index (χ1v) is 11.4. The molecule has 1 N–H and O–H groups in total. The van der Waals surface area contributed by atoms with Gasteiger partial charge in [0.2, 0.25) is 15.9 Å². The number of sulfonamides is 1. The van der Waals surface area contributed by atoms with Gasteiger partial charge in [-0.3, -0.25) is 4.79 Å². The van der Waals surface area contributed by atoms with Crippen molar-refractivity contribution in [1.82, 2.24) is 4.31 Å². The lowest BCUT2D eigenvalue weighted by atomic mass is 9.97. The Balaban J connectivity index is 1.58. The molecule has 8 heteroatoms. The maximum Gasteiger partial charge on any atom is 0.227 e. The Hall–Kier alpha value is -1.60. The zero-order valence-corrected chi connectivity index (χ0v) is 17.8. The van der Waals surface area contributed by atoms with E-state index in [9.17, 15) is 13.2 Å². The molecule has 28 heavy (non-hydrogen) atoms. The Labute approximate surface area is 175 Å². The first-order chi connectivity index (χ1) is 13.3. The second kappa shape index (κ2) is 8.82. The molecule has 3 rings (SSSR count). The van der Waals surface area contributed by atoms with Crippen molar-refractivity contribution in [2.24, 2.45) is 5.92 Å². The average molecular weight is 441 g/mol. The zero-order chi connectivity index (χ0) is 20.3. The molecule has 2 aromatic rings. The molecular weight excluding hydrogens is 419 g/mol. The lowest BCUT2D eigenvalue weighted by molar-refractivity contribution is -0.120. The molecular formula is C20H22Cl2N2O3S. The summed E-state index contributed by atoms with van der Waals surface area (Å²) in [6.45, 7) is 2.53. The van der Waals surface area contributed by atoms with E-state index in [2.05, 4.69) is 5.32 Å². The summed E-state index contributed by atoms with van der Waals surface area (Å²) in [6, 6.07) is 12.3. The standard InChI is InChI=1S/C20H22Cl2N2O3S/c1-14-6-7-17(12-19(14)22)23-20(25)15-8-10-24(11-9-15)28(26,27)13-16-4-2-3-5-18(16)21/h2-7,12,15H,8-11,13H2,1H3,(H,23,25). The number of nitrogens with one attached hydrogen (secondary N) is 1. The quantitative estimate of drug-likeness (QED) is 0.744. The summed E-state index contributed by atoms with van der Waals surface area (Å²) in [5.41, 5.74) is 2.17. The molecule has 0 unspecified atom stereocenters. The summed E-state index contributed by atoms with van der Waals surface area (Å²) in [5.74, 6) is -0.472. The van der Waals surface area contributed by atoms with Crippen LogP contribution in [0.15, 0.2) is 42.5 Å². The van der Waals surface area contributed by atoms with E-state index in [1.54, 1.807) is 30.3 Å². The van der Waals surface area contributed by atoms with Gasteiger partial charge in [-0.1, -0.05) is 47.5 Å². The number of benzene rings is 2. The van der Waals surface area contributed by atoms with Crippen LogP contribution in [0.1, 0.15) is 24.0 Å². The molecule has 0 bridgehead atoms. The molecule has 1 aliphatic rings. The van der Waals surface area contributed by atoms with E-state index in [1.807, 2.05) is 19.1 Å². The highest BCUT2D eigenvalue weighted by atomic mass is 35.5. The van der Waals surface area contributed by atoms with Gasteiger partial charge in [0.05, 0.1) is 5.75 Å². The maximum absolute atomic E-state index is 12.7. The number of carbonyl (C=O) groups excluding carboxylic acids is 1. The Morgan fingerprint density at radius 3 is 2.43 bits per heavy atom. The molecule has 1 fully saturated rings. The SMILES string of the molecule is Cc1ccc(NC(=O)C2CCN(S(=O)(=O)Cc3ccccc3Cl)CC2)cc1Cl. The number of anilines is 1. The lowest BCUT2D eigenvalue weighted by Crippen LogP contribution is -2.41. The molecule has 0 aliphatic carbocycles. The van der Waals surface area contributed by atoms with Crippen LogP contribution in [-0.2, 0) is 20.6 Å². The Morgan fingerprint density at radius 2 is 1.79 bits per heavy atom. The van der Waals surface area contributed by atoms with Gasteiger partial charge < -0.3 is 5.32 Å². The van der Waals surface area contributed by atoms with Gasteiger partial charge in [0.1, 0.15) is 0 Å².